The molecule has 0 bridgehead atoms. The van der Waals surface area contributed by atoms with Crippen LogP contribution in [0.15, 0.2) is 24.3 Å². The van der Waals surface area contributed by atoms with E-state index in [1.165, 1.54) is 12.0 Å². The third-order valence-electron chi connectivity index (χ3n) is 4.29. The molecule has 2 atom stereocenters. The molecule has 2 unspecified atom stereocenters. The number of hydrogen-bond acceptors (Lipinski definition) is 2. The Morgan fingerprint density at radius 1 is 1.29 bits per heavy atom. The molecule has 1 aliphatic heterocycles. The summed E-state index contributed by atoms with van der Waals surface area (Å²) >= 11 is 0. The summed E-state index contributed by atoms with van der Waals surface area (Å²) in [5.74, 6) is 0.200. The highest BCUT2D eigenvalue weighted by Gasteiger charge is 2.26. The maximum atomic E-state index is 12.6. The van der Waals surface area contributed by atoms with Crippen LogP contribution >= 0.6 is 0 Å². The first-order valence-corrected chi connectivity index (χ1v) is 8.09. The molecule has 1 amide bonds. The van der Waals surface area contributed by atoms with Gasteiger partial charge in [0.2, 0.25) is 5.91 Å². The lowest BCUT2D eigenvalue weighted by molar-refractivity contribution is -0.133. The summed E-state index contributed by atoms with van der Waals surface area (Å²) in [7, 11) is 0. The Bertz CT molecular complexity index is 453. The molecule has 1 aliphatic rings. The zero-order valence-corrected chi connectivity index (χ0v) is 13.2. The number of aryl methyl sites for hydroxylation is 1. The molecule has 2 rings (SSSR count). The van der Waals surface area contributed by atoms with Crippen LogP contribution in [-0.2, 0) is 11.2 Å². The van der Waals surface area contributed by atoms with Gasteiger partial charge in [0.15, 0.2) is 0 Å². The van der Waals surface area contributed by atoms with E-state index in [4.69, 9.17) is 0 Å². The fourth-order valence-electron chi connectivity index (χ4n) is 3.13. The van der Waals surface area contributed by atoms with Crippen LogP contribution in [0.3, 0.4) is 0 Å². The van der Waals surface area contributed by atoms with Crippen molar-refractivity contribution in [1.82, 2.24) is 4.90 Å². The van der Waals surface area contributed by atoms with Crippen molar-refractivity contribution in [3.63, 3.8) is 0 Å². The summed E-state index contributed by atoms with van der Waals surface area (Å²) in [6.07, 6.45) is 5.26. The minimum Gasteiger partial charge on any atom is -0.393 e. The van der Waals surface area contributed by atoms with Crippen LogP contribution in [0.2, 0.25) is 0 Å². The summed E-state index contributed by atoms with van der Waals surface area (Å²) in [6, 6.07) is 8.38. The largest absolute Gasteiger partial charge is 0.393 e. The fraction of sp³-hybridized carbons (Fsp3) is 0.611. The molecule has 0 spiro atoms. The van der Waals surface area contributed by atoms with E-state index in [2.05, 4.69) is 19.1 Å². The Hall–Kier alpha value is -1.35. The first-order valence-electron chi connectivity index (χ1n) is 8.09. The quantitative estimate of drug-likeness (QED) is 0.925. The molecule has 1 saturated heterocycles. The molecule has 0 aromatic heterocycles. The van der Waals surface area contributed by atoms with E-state index in [9.17, 15) is 9.90 Å². The van der Waals surface area contributed by atoms with Gasteiger partial charge in [0.05, 0.1) is 12.5 Å². The Balaban J connectivity index is 2.04. The lowest BCUT2D eigenvalue weighted by Crippen LogP contribution is -2.42. The summed E-state index contributed by atoms with van der Waals surface area (Å²) in [6.45, 7) is 4.70. The van der Waals surface area contributed by atoms with Crippen molar-refractivity contribution in [2.45, 2.75) is 64.5 Å². The SMILES string of the molecule is Cc1ccc(CC(=O)N2CCCCCC2CC(C)O)cc1. The zero-order chi connectivity index (χ0) is 15.2. The van der Waals surface area contributed by atoms with Crippen molar-refractivity contribution >= 4 is 5.91 Å². The molecule has 3 heteroatoms. The molecule has 1 fully saturated rings. The number of nitrogens with zero attached hydrogens (tertiary/aromatic N) is 1. The number of aliphatic hydroxyl groups is 1. The molecule has 1 N–H and O–H groups in total. The van der Waals surface area contributed by atoms with Crippen molar-refractivity contribution in [3.05, 3.63) is 35.4 Å². The van der Waals surface area contributed by atoms with Crippen molar-refractivity contribution in [2.24, 2.45) is 0 Å². The molecule has 0 aliphatic carbocycles. The molecule has 1 aromatic carbocycles. The minimum absolute atomic E-state index is 0.199. The predicted molar refractivity (Wildman–Crippen MR) is 85.1 cm³/mol. The lowest BCUT2D eigenvalue weighted by Gasteiger charge is -2.31. The smallest absolute Gasteiger partial charge is 0.227 e. The molecular formula is C18H27NO2. The number of carbonyl (C=O) groups excluding carboxylic acids is 1. The van der Waals surface area contributed by atoms with Gasteiger partial charge in [-0.3, -0.25) is 4.79 Å². The molecule has 0 radical (unpaired) electrons. The number of carbonyl (C=O) groups is 1. The van der Waals surface area contributed by atoms with Crippen LogP contribution in [0.5, 0.6) is 0 Å². The third-order valence-corrected chi connectivity index (χ3v) is 4.29. The Kier molecular flexibility index (Phi) is 5.80. The average molecular weight is 289 g/mol. The maximum absolute atomic E-state index is 12.6. The monoisotopic (exact) mass is 289 g/mol. The van der Waals surface area contributed by atoms with E-state index in [0.29, 0.717) is 12.8 Å². The normalized spacial score (nSPS) is 20.9. The van der Waals surface area contributed by atoms with Crippen LogP contribution in [0, 0.1) is 6.92 Å². The molecule has 0 saturated carbocycles. The van der Waals surface area contributed by atoms with Gasteiger partial charge in [-0.2, -0.15) is 0 Å². The molecule has 3 nitrogen and oxygen atoms in total. The topological polar surface area (TPSA) is 40.5 Å². The first kappa shape index (κ1) is 16.0. The highest BCUT2D eigenvalue weighted by molar-refractivity contribution is 5.79. The van der Waals surface area contributed by atoms with Crippen LogP contribution < -0.4 is 0 Å². The van der Waals surface area contributed by atoms with Crippen molar-refractivity contribution in [3.8, 4) is 0 Å². The van der Waals surface area contributed by atoms with E-state index in [0.717, 1.165) is 31.4 Å². The van der Waals surface area contributed by atoms with E-state index in [1.54, 1.807) is 0 Å². The highest BCUT2D eigenvalue weighted by atomic mass is 16.3. The van der Waals surface area contributed by atoms with Gasteiger partial charge >= 0.3 is 0 Å². The number of rotatable bonds is 4. The van der Waals surface area contributed by atoms with Crippen LogP contribution in [-0.4, -0.2) is 34.6 Å². The van der Waals surface area contributed by atoms with E-state index in [1.807, 2.05) is 24.0 Å². The number of likely N-dealkylation sites (tertiary alicyclic amines) is 1. The van der Waals surface area contributed by atoms with Crippen molar-refractivity contribution in [2.75, 3.05) is 6.54 Å². The summed E-state index contributed by atoms with van der Waals surface area (Å²) in [5, 5.41) is 9.68. The Morgan fingerprint density at radius 2 is 2.00 bits per heavy atom. The standard InChI is InChI=1S/C18H27NO2/c1-14-7-9-16(10-8-14)13-18(21)19-11-5-3-4-6-17(19)12-15(2)20/h7-10,15,17,20H,3-6,11-13H2,1-2H3. The third kappa shape index (κ3) is 4.85. The fourth-order valence-corrected chi connectivity index (χ4v) is 3.13. The lowest BCUT2D eigenvalue weighted by atomic mass is 10.0. The molecule has 1 aromatic rings. The van der Waals surface area contributed by atoms with Crippen LogP contribution in [0.1, 0.15) is 50.2 Å². The zero-order valence-electron chi connectivity index (χ0n) is 13.2. The van der Waals surface area contributed by atoms with Crippen molar-refractivity contribution < 1.29 is 9.90 Å². The summed E-state index contributed by atoms with van der Waals surface area (Å²) in [5.41, 5.74) is 2.29. The summed E-state index contributed by atoms with van der Waals surface area (Å²) in [4.78, 5) is 14.7. The second kappa shape index (κ2) is 7.60. The number of benzene rings is 1. The Labute approximate surface area is 128 Å². The average Bonchev–Trinajstić information content (AvgIpc) is 2.66. The minimum atomic E-state index is -0.345. The maximum Gasteiger partial charge on any atom is 0.227 e. The van der Waals surface area contributed by atoms with E-state index < -0.39 is 0 Å². The van der Waals surface area contributed by atoms with Gasteiger partial charge in [-0.15, -0.1) is 0 Å². The van der Waals surface area contributed by atoms with Gasteiger partial charge in [-0.05, 0) is 38.7 Å². The molecular weight excluding hydrogens is 262 g/mol. The Morgan fingerprint density at radius 3 is 2.67 bits per heavy atom. The second-order valence-corrected chi connectivity index (χ2v) is 6.34. The van der Waals surface area contributed by atoms with Gasteiger partial charge in [-0.1, -0.05) is 42.7 Å². The highest BCUT2D eigenvalue weighted by Crippen LogP contribution is 2.21. The van der Waals surface area contributed by atoms with Crippen LogP contribution in [0.4, 0.5) is 0 Å². The van der Waals surface area contributed by atoms with Gasteiger partial charge in [-0.25, -0.2) is 0 Å². The number of amides is 1. The van der Waals surface area contributed by atoms with Gasteiger partial charge < -0.3 is 10.0 Å². The van der Waals surface area contributed by atoms with E-state index in [-0.39, 0.29) is 18.1 Å². The van der Waals surface area contributed by atoms with Gasteiger partial charge in [0.25, 0.3) is 0 Å². The summed E-state index contributed by atoms with van der Waals surface area (Å²) < 4.78 is 0. The predicted octanol–water partition coefficient (Wildman–Crippen LogP) is 3.08. The van der Waals surface area contributed by atoms with Crippen molar-refractivity contribution in [1.29, 1.82) is 0 Å². The van der Waals surface area contributed by atoms with E-state index >= 15 is 0 Å². The van der Waals surface area contributed by atoms with Gasteiger partial charge in [0.1, 0.15) is 0 Å². The van der Waals surface area contributed by atoms with Crippen LogP contribution in [0.25, 0.3) is 0 Å². The molecule has 21 heavy (non-hydrogen) atoms. The number of aliphatic hydroxyl groups excluding tert-OH is 1. The molecule has 116 valence electrons. The first-order chi connectivity index (χ1) is 10.1. The molecule has 1 heterocycles. The van der Waals surface area contributed by atoms with Gasteiger partial charge in [0, 0.05) is 12.6 Å². The second-order valence-electron chi connectivity index (χ2n) is 6.34. The number of hydrogen-bond donors (Lipinski definition) is 1.